The summed E-state index contributed by atoms with van der Waals surface area (Å²) in [5.74, 6) is -3.99. The van der Waals surface area contributed by atoms with Crippen LogP contribution in [0.2, 0.25) is 0 Å². The smallest absolute Gasteiger partial charge is 0.148 e. The van der Waals surface area contributed by atoms with Crippen LogP contribution in [0.4, 0.5) is 60.5 Å². The van der Waals surface area contributed by atoms with Crippen LogP contribution in [0.25, 0.3) is 101 Å². The molecule has 0 N–H and O–H groups in total. The first-order chi connectivity index (χ1) is 54.3. The molecule has 111 heavy (non-hydrogen) atoms. The summed E-state index contributed by atoms with van der Waals surface area (Å²) in [6, 6.07) is 110. The fourth-order valence-electron chi connectivity index (χ4n) is 17.2. The molecule has 2 aliphatic carbocycles. The van der Waals surface area contributed by atoms with Crippen LogP contribution in [0.15, 0.2) is 369 Å². The van der Waals surface area contributed by atoms with E-state index in [9.17, 15) is 8.78 Å². The van der Waals surface area contributed by atoms with Crippen LogP contribution in [0.1, 0.15) is 55.6 Å². The molecule has 1 aromatic heterocycles. The first-order valence-electron chi connectivity index (χ1n) is 36.7. The molecule has 0 spiro atoms. The van der Waals surface area contributed by atoms with Crippen LogP contribution < -0.4 is 9.80 Å². The molecular formula is C102H64F6N2O. The Kier molecular flexibility index (Phi) is 16.5. The maximum absolute atomic E-state index is 17.4. The van der Waals surface area contributed by atoms with E-state index in [-0.39, 0.29) is 22.5 Å². The minimum Gasteiger partial charge on any atom is -0.456 e. The Morgan fingerprint density at radius 2 is 0.586 bits per heavy atom. The predicted molar refractivity (Wildman–Crippen MR) is 439 cm³/mol. The van der Waals surface area contributed by atoms with Crippen molar-refractivity contribution in [3.05, 3.63) is 456 Å². The molecule has 16 aromatic carbocycles. The van der Waals surface area contributed by atoms with E-state index in [2.05, 4.69) is 195 Å². The number of fused-ring (bicyclic) bond motifs is 9. The molecule has 0 fully saturated rings. The molecule has 2 atom stereocenters. The summed E-state index contributed by atoms with van der Waals surface area (Å²) < 4.78 is 104. The van der Waals surface area contributed by atoms with E-state index in [1.54, 1.807) is 21.9 Å². The lowest BCUT2D eigenvalue weighted by molar-refractivity contribution is 0.604. The average molecular weight is 1450 g/mol. The van der Waals surface area contributed by atoms with Gasteiger partial charge >= 0.3 is 0 Å². The second kappa shape index (κ2) is 27.0. The van der Waals surface area contributed by atoms with E-state index in [0.717, 1.165) is 113 Å². The van der Waals surface area contributed by atoms with Crippen molar-refractivity contribution in [1.29, 1.82) is 0 Å². The van der Waals surface area contributed by atoms with Crippen LogP contribution >= 0.6 is 0 Å². The zero-order valence-electron chi connectivity index (χ0n) is 59.6. The number of rotatable bonds is 16. The Morgan fingerprint density at radius 1 is 0.252 bits per heavy atom. The third-order valence-electron chi connectivity index (χ3n) is 22.4. The van der Waals surface area contributed by atoms with Gasteiger partial charge in [-0.1, -0.05) is 256 Å². The number of halogens is 6. The molecule has 0 saturated heterocycles. The van der Waals surface area contributed by atoms with Gasteiger partial charge in [-0.05, 0) is 208 Å². The van der Waals surface area contributed by atoms with Crippen LogP contribution in [0, 0.1) is 34.9 Å². The molecule has 2 unspecified atom stereocenters. The van der Waals surface area contributed by atoms with Crippen molar-refractivity contribution in [2.24, 2.45) is 0 Å². The second-order valence-corrected chi connectivity index (χ2v) is 28.3. The van der Waals surface area contributed by atoms with Gasteiger partial charge in [-0.3, -0.25) is 0 Å². The summed E-state index contributed by atoms with van der Waals surface area (Å²) in [5, 5.41) is 1.38. The Bertz CT molecular complexity index is 6140. The highest BCUT2D eigenvalue weighted by molar-refractivity contribution is 6.08. The first-order valence-corrected chi connectivity index (χ1v) is 36.7. The van der Waals surface area contributed by atoms with Gasteiger partial charge in [0.1, 0.15) is 46.1 Å². The van der Waals surface area contributed by atoms with Crippen LogP contribution in [0.3, 0.4) is 0 Å². The third kappa shape index (κ3) is 11.1. The van der Waals surface area contributed by atoms with E-state index in [4.69, 9.17) is 4.42 Å². The molecule has 19 rings (SSSR count). The minimum atomic E-state index is -0.748. The summed E-state index contributed by atoms with van der Waals surface area (Å²) >= 11 is 0. The molecule has 0 amide bonds. The Hall–Kier alpha value is -14.0. The van der Waals surface area contributed by atoms with Crippen LogP contribution in [-0.2, 0) is 10.8 Å². The fraction of sp³-hybridized carbons (Fsp3) is 0.0196. The lowest BCUT2D eigenvalue weighted by Crippen LogP contribution is -2.28. The number of benzene rings is 16. The highest BCUT2D eigenvalue weighted by Gasteiger charge is 2.48. The van der Waals surface area contributed by atoms with Crippen LogP contribution in [0.5, 0.6) is 0 Å². The SMILES string of the molecule is C=Cc1ccc(C2(c3ccccc3)c3ccccc3-c3ccc(-c4ccc(N(c5ccc6c(c5)oc5cc(N(c7ccc(-c8ccc9c(c8)C(c8ccccc8)(c8ccc(C=C)cc8)c8ccccc8-9)cc7)c7cc(F)c(-c8ccc(F)cc8)cc7F)ccc56)c5cc(F)c(-c6ccc(F)cc6)cc5F)cc4)cc32)cc1. The van der Waals surface area contributed by atoms with E-state index >= 15 is 17.6 Å². The molecule has 3 nitrogen and oxygen atoms in total. The average Bonchev–Trinajstić information content (AvgIpc) is 1.54. The van der Waals surface area contributed by atoms with Crippen molar-refractivity contribution in [2.75, 3.05) is 9.80 Å². The van der Waals surface area contributed by atoms with E-state index in [0.29, 0.717) is 55.8 Å². The maximum Gasteiger partial charge on any atom is 0.148 e. The number of anilines is 6. The van der Waals surface area contributed by atoms with Gasteiger partial charge in [-0.15, -0.1) is 0 Å². The standard InChI is InChI=1S/C102H64F6N2O/c1-3-63-23-37-73(38-24-63)101(71-15-7-5-8-16-71)89-21-13-11-19-81(89)83-51-35-69(55-91(83)101)65-31-45-77(46-32-65)109(97-61-93(105)87(59-95(97)107)67-27-41-75(103)42-28-67)79-49-53-85-86-54-50-80(58-100(86)111-99(85)57-79)110(98-62-94(106)88(60-96(98)108)68-29-43-76(104)44-30-68)78-47-33-66(34-48-78)70-36-52-84-82-20-12-14-22-90(82)102(92(84)56-70,72-17-9-6-10-18-72)74-39-25-64(4-2)26-40-74/h3-62H,1-2H2. The summed E-state index contributed by atoms with van der Waals surface area (Å²) in [6.45, 7) is 8.07. The number of furan rings is 1. The van der Waals surface area contributed by atoms with Crippen molar-refractivity contribution in [2.45, 2.75) is 10.8 Å². The van der Waals surface area contributed by atoms with Gasteiger partial charge in [-0.25, -0.2) is 26.3 Å². The summed E-state index contributed by atoms with van der Waals surface area (Å²) in [6.07, 6.45) is 3.70. The zero-order chi connectivity index (χ0) is 75.2. The van der Waals surface area contributed by atoms with Gasteiger partial charge in [0.15, 0.2) is 0 Å². The summed E-state index contributed by atoms with van der Waals surface area (Å²) in [7, 11) is 0. The molecule has 17 aromatic rings. The number of hydrogen-bond acceptors (Lipinski definition) is 3. The Balaban J connectivity index is 0.718. The molecule has 0 aliphatic heterocycles. The molecule has 530 valence electrons. The van der Waals surface area contributed by atoms with Crippen molar-refractivity contribution < 1.29 is 30.8 Å². The highest BCUT2D eigenvalue weighted by atomic mass is 19.1. The monoisotopic (exact) mass is 1450 g/mol. The molecule has 0 radical (unpaired) electrons. The third-order valence-corrected chi connectivity index (χ3v) is 22.4. The quantitative estimate of drug-likeness (QED) is 0.0899. The molecule has 2 aliphatic rings. The second-order valence-electron chi connectivity index (χ2n) is 28.3. The zero-order valence-corrected chi connectivity index (χ0v) is 59.6. The van der Waals surface area contributed by atoms with Gasteiger partial charge in [0.2, 0.25) is 0 Å². The van der Waals surface area contributed by atoms with E-state index < -0.39 is 45.7 Å². The summed E-state index contributed by atoms with van der Waals surface area (Å²) in [4.78, 5) is 3.28. The van der Waals surface area contributed by atoms with Crippen molar-refractivity contribution in [3.8, 4) is 66.8 Å². The summed E-state index contributed by atoms with van der Waals surface area (Å²) in [5.41, 5.74) is 20.8. The molecule has 1 heterocycles. The van der Waals surface area contributed by atoms with Crippen LogP contribution in [-0.4, -0.2) is 0 Å². The van der Waals surface area contributed by atoms with E-state index in [1.807, 2.05) is 97.1 Å². The van der Waals surface area contributed by atoms with Gasteiger partial charge in [0.25, 0.3) is 0 Å². The predicted octanol–water partition coefficient (Wildman–Crippen LogP) is 28.0. The maximum atomic E-state index is 17.4. The Labute approximate surface area is 638 Å². The van der Waals surface area contributed by atoms with Gasteiger partial charge < -0.3 is 14.2 Å². The van der Waals surface area contributed by atoms with Crippen molar-refractivity contribution in [3.63, 3.8) is 0 Å². The molecule has 0 saturated carbocycles. The van der Waals surface area contributed by atoms with Gasteiger partial charge in [0.05, 0.1) is 22.2 Å². The van der Waals surface area contributed by atoms with Gasteiger partial charge in [-0.2, -0.15) is 0 Å². The normalized spacial score (nSPS) is 14.5. The van der Waals surface area contributed by atoms with Gasteiger partial charge in [0, 0.05) is 68.9 Å². The highest BCUT2D eigenvalue weighted by Crippen LogP contribution is 2.59. The number of hydrogen-bond donors (Lipinski definition) is 0. The Morgan fingerprint density at radius 3 is 0.973 bits per heavy atom. The van der Waals surface area contributed by atoms with Crippen molar-refractivity contribution in [1.82, 2.24) is 0 Å². The topological polar surface area (TPSA) is 19.6 Å². The first kappa shape index (κ1) is 67.6. The molecular weight excluding hydrogens is 1380 g/mol. The lowest BCUT2D eigenvalue weighted by atomic mass is 9.67. The van der Waals surface area contributed by atoms with Crippen molar-refractivity contribution >= 4 is 68.2 Å². The largest absolute Gasteiger partial charge is 0.456 e. The fourth-order valence-corrected chi connectivity index (χ4v) is 17.2. The molecule has 9 heteroatoms. The van der Waals surface area contributed by atoms with E-state index in [1.165, 1.54) is 59.7 Å². The lowest BCUT2D eigenvalue weighted by Gasteiger charge is -2.34. The molecule has 0 bridgehead atoms. The number of nitrogens with zero attached hydrogens (tertiary/aromatic N) is 2. The minimum absolute atomic E-state index is 0.0449.